The summed E-state index contributed by atoms with van der Waals surface area (Å²) in [6.07, 6.45) is -0.0398. The van der Waals surface area contributed by atoms with E-state index >= 15 is 0 Å². The topological polar surface area (TPSA) is 87.2 Å². The third-order valence-electron chi connectivity index (χ3n) is 5.35. The first-order chi connectivity index (χ1) is 14.5. The number of amides is 1. The van der Waals surface area contributed by atoms with E-state index in [1.807, 2.05) is 20.8 Å². The standard InChI is InChI=1S/C23H34N2O5S/c1-7-23(27)24(6)14-21-17(4)13-25(18(5)15-26)31(28,29)22-11-10-19(9-8-16(2)3)12-20(22)30-21/h10-12,16-18,21,26H,7,13-15H2,1-6H3/t17-,18-,21-/m0/s1. The number of benzene rings is 1. The molecule has 3 atom stereocenters. The van der Waals surface area contributed by atoms with Crippen molar-refractivity contribution in [2.75, 3.05) is 26.7 Å². The van der Waals surface area contributed by atoms with E-state index in [-0.39, 0.29) is 41.5 Å². The Morgan fingerprint density at radius 2 is 2.03 bits per heavy atom. The zero-order valence-corrected chi connectivity index (χ0v) is 20.1. The van der Waals surface area contributed by atoms with Gasteiger partial charge in [-0.3, -0.25) is 4.79 Å². The molecule has 172 valence electrons. The summed E-state index contributed by atoms with van der Waals surface area (Å²) in [6.45, 7) is 9.55. The lowest BCUT2D eigenvalue weighted by Crippen LogP contribution is -2.50. The number of likely N-dealkylation sites (N-methyl/N-ethyl adjacent to an activating group) is 1. The van der Waals surface area contributed by atoms with Crippen molar-refractivity contribution in [3.63, 3.8) is 0 Å². The maximum Gasteiger partial charge on any atom is 0.247 e. The zero-order valence-electron chi connectivity index (χ0n) is 19.3. The van der Waals surface area contributed by atoms with Gasteiger partial charge in [-0.25, -0.2) is 8.42 Å². The molecule has 0 saturated heterocycles. The summed E-state index contributed by atoms with van der Waals surface area (Å²) in [7, 11) is -2.17. The number of carbonyl (C=O) groups excluding carboxylic acids is 1. The average molecular weight is 451 g/mol. The highest BCUT2D eigenvalue weighted by Crippen LogP contribution is 2.34. The smallest absolute Gasteiger partial charge is 0.247 e. The van der Waals surface area contributed by atoms with Crippen LogP contribution in [0.25, 0.3) is 0 Å². The van der Waals surface area contributed by atoms with Crippen LogP contribution in [0.4, 0.5) is 0 Å². The molecule has 0 aliphatic carbocycles. The molecule has 0 unspecified atom stereocenters. The van der Waals surface area contributed by atoms with Crippen molar-refractivity contribution in [2.45, 2.75) is 58.1 Å². The van der Waals surface area contributed by atoms with E-state index in [9.17, 15) is 18.3 Å². The van der Waals surface area contributed by atoms with Crippen molar-refractivity contribution in [3.8, 4) is 17.6 Å². The fourth-order valence-electron chi connectivity index (χ4n) is 3.39. The Morgan fingerprint density at radius 3 is 2.61 bits per heavy atom. The number of rotatable bonds is 5. The third kappa shape index (κ3) is 6.00. The number of sulfonamides is 1. The molecule has 8 heteroatoms. The first-order valence-electron chi connectivity index (χ1n) is 10.7. The normalized spacial score (nSPS) is 21.7. The van der Waals surface area contributed by atoms with Gasteiger partial charge in [0, 0.05) is 43.5 Å². The van der Waals surface area contributed by atoms with Crippen molar-refractivity contribution in [3.05, 3.63) is 23.8 Å². The highest BCUT2D eigenvalue weighted by Gasteiger charge is 2.38. The van der Waals surface area contributed by atoms with Crippen molar-refractivity contribution < 1.29 is 23.1 Å². The summed E-state index contributed by atoms with van der Waals surface area (Å²) in [5.41, 5.74) is 0.661. The van der Waals surface area contributed by atoms with Gasteiger partial charge in [0.05, 0.1) is 13.2 Å². The fourth-order valence-corrected chi connectivity index (χ4v) is 5.22. The molecular formula is C23H34N2O5S. The minimum atomic E-state index is -3.89. The molecule has 1 aromatic rings. The Morgan fingerprint density at radius 1 is 1.35 bits per heavy atom. The second-order valence-corrected chi connectivity index (χ2v) is 10.3. The lowest BCUT2D eigenvalue weighted by molar-refractivity contribution is -0.131. The van der Waals surface area contributed by atoms with E-state index in [1.54, 1.807) is 37.9 Å². The van der Waals surface area contributed by atoms with Crippen LogP contribution in [0, 0.1) is 23.7 Å². The van der Waals surface area contributed by atoms with Gasteiger partial charge in [-0.1, -0.05) is 39.5 Å². The molecular weight excluding hydrogens is 416 g/mol. The molecule has 0 aromatic heterocycles. The number of fused-ring (bicyclic) bond motifs is 1. The zero-order chi connectivity index (χ0) is 23.3. The highest BCUT2D eigenvalue weighted by molar-refractivity contribution is 7.89. The van der Waals surface area contributed by atoms with Crippen LogP contribution in [-0.4, -0.2) is 67.5 Å². The van der Waals surface area contributed by atoms with E-state index in [0.29, 0.717) is 18.5 Å². The lowest BCUT2D eigenvalue weighted by atomic mass is 10.0. The predicted molar refractivity (Wildman–Crippen MR) is 120 cm³/mol. The van der Waals surface area contributed by atoms with Gasteiger partial charge in [0.15, 0.2) is 0 Å². The SMILES string of the molecule is CCC(=O)N(C)C[C@@H]1Oc2cc(C#CC(C)C)ccc2S(=O)(=O)N([C@@H](C)CO)C[C@@H]1C. The summed E-state index contributed by atoms with van der Waals surface area (Å²) < 4.78 is 34.4. The number of carbonyl (C=O) groups is 1. The van der Waals surface area contributed by atoms with Gasteiger partial charge < -0.3 is 14.7 Å². The van der Waals surface area contributed by atoms with Crippen LogP contribution in [-0.2, 0) is 14.8 Å². The molecule has 1 amide bonds. The molecule has 0 saturated carbocycles. The van der Waals surface area contributed by atoms with Crippen molar-refractivity contribution in [2.24, 2.45) is 11.8 Å². The quantitative estimate of drug-likeness (QED) is 0.696. The van der Waals surface area contributed by atoms with E-state index in [1.165, 1.54) is 10.4 Å². The summed E-state index contributed by atoms with van der Waals surface area (Å²) in [5, 5.41) is 9.69. The average Bonchev–Trinajstić information content (AvgIpc) is 2.73. The van der Waals surface area contributed by atoms with Gasteiger partial charge >= 0.3 is 0 Å². The highest BCUT2D eigenvalue weighted by atomic mass is 32.2. The van der Waals surface area contributed by atoms with Crippen LogP contribution in [0.15, 0.2) is 23.1 Å². The van der Waals surface area contributed by atoms with Gasteiger partial charge in [-0.05, 0) is 25.1 Å². The number of aliphatic hydroxyl groups is 1. The van der Waals surface area contributed by atoms with Crippen LogP contribution < -0.4 is 4.74 Å². The fraction of sp³-hybridized carbons (Fsp3) is 0.609. The molecule has 0 spiro atoms. The molecule has 0 bridgehead atoms. The molecule has 1 N–H and O–H groups in total. The first-order valence-corrected chi connectivity index (χ1v) is 12.1. The van der Waals surface area contributed by atoms with Crippen LogP contribution >= 0.6 is 0 Å². The largest absolute Gasteiger partial charge is 0.487 e. The summed E-state index contributed by atoms with van der Waals surface area (Å²) >= 11 is 0. The second kappa shape index (κ2) is 10.5. The Labute approximate surface area is 186 Å². The van der Waals surface area contributed by atoms with Crippen LogP contribution in [0.5, 0.6) is 5.75 Å². The number of nitrogens with zero attached hydrogens (tertiary/aromatic N) is 2. The van der Waals surface area contributed by atoms with Gasteiger partial charge in [0.25, 0.3) is 0 Å². The Bertz CT molecular complexity index is 948. The van der Waals surface area contributed by atoms with E-state index < -0.39 is 22.2 Å². The molecule has 1 aromatic carbocycles. The molecule has 2 rings (SSSR count). The van der Waals surface area contributed by atoms with Crippen LogP contribution in [0.3, 0.4) is 0 Å². The first kappa shape index (κ1) is 25.2. The molecule has 1 heterocycles. The minimum absolute atomic E-state index is 0.0113. The Kier molecular flexibility index (Phi) is 8.52. The molecule has 1 aliphatic rings. The monoisotopic (exact) mass is 450 g/mol. The summed E-state index contributed by atoms with van der Waals surface area (Å²) in [5.74, 6) is 6.30. The van der Waals surface area contributed by atoms with Crippen molar-refractivity contribution >= 4 is 15.9 Å². The van der Waals surface area contributed by atoms with E-state index in [4.69, 9.17) is 4.74 Å². The summed E-state index contributed by atoms with van der Waals surface area (Å²) in [4.78, 5) is 13.8. The maximum absolute atomic E-state index is 13.4. The van der Waals surface area contributed by atoms with Crippen LogP contribution in [0.2, 0.25) is 0 Å². The third-order valence-corrected chi connectivity index (χ3v) is 7.37. The number of ether oxygens (including phenoxy) is 1. The summed E-state index contributed by atoms with van der Waals surface area (Å²) in [6, 6.07) is 4.25. The predicted octanol–water partition coefficient (Wildman–Crippen LogP) is 2.33. The van der Waals surface area contributed by atoms with Crippen LogP contribution in [0.1, 0.15) is 46.6 Å². The molecule has 0 radical (unpaired) electrons. The second-order valence-electron chi connectivity index (χ2n) is 8.45. The lowest BCUT2D eigenvalue weighted by Gasteiger charge is -2.37. The van der Waals surface area contributed by atoms with Crippen molar-refractivity contribution in [1.29, 1.82) is 0 Å². The number of aliphatic hydroxyl groups excluding tert-OH is 1. The van der Waals surface area contributed by atoms with Gasteiger partial charge in [-0.15, -0.1) is 0 Å². The number of hydrogen-bond donors (Lipinski definition) is 1. The maximum atomic E-state index is 13.4. The van der Waals surface area contributed by atoms with Gasteiger partial charge in [0.2, 0.25) is 15.9 Å². The number of hydrogen-bond acceptors (Lipinski definition) is 5. The van der Waals surface area contributed by atoms with Gasteiger partial charge in [-0.2, -0.15) is 4.31 Å². The molecule has 7 nitrogen and oxygen atoms in total. The minimum Gasteiger partial charge on any atom is -0.487 e. The Hall–Kier alpha value is -2.08. The molecule has 1 aliphatic heterocycles. The van der Waals surface area contributed by atoms with Gasteiger partial charge in [0.1, 0.15) is 16.7 Å². The molecule has 0 fully saturated rings. The Balaban J connectivity index is 2.58. The molecule has 31 heavy (non-hydrogen) atoms. The van der Waals surface area contributed by atoms with Crippen molar-refractivity contribution in [1.82, 2.24) is 9.21 Å². The van der Waals surface area contributed by atoms with E-state index in [0.717, 1.165) is 0 Å². The van der Waals surface area contributed by atoms with E-state index in [2.05, 4.69) is 11.8 Å².